The van der Waals surface area contributed by atoms with Crippen molar-refractivity contribution in [2.75, 3.05) is 10.6 Å². The molecule has 0 atom stereocenters. The summed E-state index contributed by atoms with van der Waals surface area (Å²) in [4.78, 5) is 0. The average molecular weight is 363 g/mol. The van der Waals surface area contributed by atoms with Crippen LogP contribution >= 0.6 is 28.1 Å². The molecule has 0 saturated heterocycles. The highest BCUT2D eigenvalue weighted by Crippen LogP contribution is 2.24. The molecule has 0 amide bonds. The summed E-state index contributed by atoms with van der Waals surface area (Å²) in [7, 11) is 0. The summed E-state index contributed by atoms with van der Waals surface area (Å²) in [5.41, 5.74) is 4.47. The van der Waals surface area contributed by atoms with Gasteiger partial charge in [0.25, 0.3) is 0 Å². The highest BCUT2D eigenvalue weighted by atomic mass is 79.9. The maximum atomic E-state index is 5.35. The van der Waals surface area contributed by atoms with Gasteiger partial charge in [0.15, 0.2) is 5.11 Å². The fraction of sp³-hybridized carbons (Fsp3) is 0.235. The molecule has 0 saturated carbocycles. The van der Waals surface area contributed by atoms with Gasteiger partial charge in [-0.2, -0.15) is 0 Å². The lowest BCUT2D eigenvalue weighted by atomic mass is 10.0. The molecule has 21 heavy (non-hydrogen) atoms. The fourth-order valence-electron chi connectivity index (χ4n) is 1.96. The van der Waals surface area contributed by atoms with Crippen molar-refractivity contribution in [1.82, 2.24) is 0 Å². The fourth-order valence-corrected chi connectivity index (χ4v) is 2.78. The van der Waals surface area contributed by atoms with Gasteiger partial charge in [-0.1, -0.05) is 32.0 Å². The number of hydrogen-bond donors (Lipinski definition) is 2. The molecule has 2 rings (SSSR count). The van der Waals surface area contributed by atoms with Gasteiger partial charge in [-0.05, 0) is 76.4 Å². The van der Waals surface area contributed by atoms with Crippen LogP contribution in [0.5, 0.6) is 0 Å². The van der Waals surface area contributed by atoms with E-state index in [1.807, 2.05) is 24.3 Å². The number of thiocarbonyl (C=S) groups is 1. The topological polar surface area (TPSA) is 24.1 Å². The zero-order valence-corrected chi connectivity index (χ0v) is 14.8. The van der Waals surface area contributed by atoms with E-state index in [1.165, 1.54) is 11.1 Å². The van der Waals surface area contributed by atoms with Gasteiger partial charge in [-0.3, -0.25) is 0 Å². The molecule has 0 spiro atoms. The summed E-state index contributed by atoms with van der Waals surface area (Å²) < 4.78 is 1.00. The van der Waals surface area contributed by atoms with Crippen LogP contribution in [0.1, 0.15) is 30.9 Å². The average Bonchev–Trinajstić information content (AvgIpc) is 2.42. The second kappa shape index (κ2) is 7.05. The Bertz CT molecular complexity index is 636. The Labute approximate surface area is 140 Å². The highest BCUT2D eigenvalue weighted by Gasteiger charge is 2.04. The zero-order chi connectivity index (χ0) is 15.4. The third-order valence-electron chi connectivity index (χ3n) is 3.21. The molecule has 0 aromatic heterocycles. The third kappa shape index (κ3) is 4.55. The van der Waals surface area contributed by atoms with E-state index in [4.69, 9.17) is 12.2 Å². The lowest BCUT2D eigenvalue weighted by Crippen LogP contribution is -2.19. The Balaban J connectivity index is 2.01. The minimum atomic E-state index is 0.535. The van der Waals surface area contributed by atoms with Crippen LogP contribution in [0.3, 0.4) is 0 Å². The predicted molar refractivity (Wildman–Crippen MR) is 99.3 cm³/mol. The van der Waals surface area contributed by atoms with Crippen molar-refractivity contribution in [3.05, 3.63) is 58.1 Å². The molecule has 110 valence electrons. The van der Waals surface area contributed by atoms with Crippen molar-refractivity contribution in [2.45, 2.75) is 26.7 Å². The first-order chi connectivity index (χ1) is 9.95. The smallest absolute Gasteiger partial charge is 0.175 e. The van der Waals surface area contributed by atoms with Crippen LogP contribution in [0.4, 0.5) is 11.4 Å². The van der Waals surface area contributed by atoms with Gasteiger partial charge >= 0.3 is 0 Å². The van der Waals surface area contributed by atoms with Crippen molar-refractivity contribution in [3.8, 4) is 0 Å². The largest absolute Gasteiger partial charge is 0.332 e. The monoisotopic (exact) mass is 362 g/mol. The molecule has 4 heteroatoms. The van der Waals surface area contributed by atoms with Gasteiger partial charge in [-0.25, -0.2) is 0 Å². The summed E-state index contributed by atoms with van der Waals surface area (Å²) in [6.45, 7) is 6.43. The summed E-state index contributed by atoms with van der Waals surface area (Å²) >= 11 is 8.89. The van der Waals surface area contributed by atoms with Crippen molar-refractivity contribution in [1.29, 1.82) is 0 Å². The first kappa shape index (κ1) is 16.0. The number of anilines is 2. The summed E-state index contributed by atoms with van der Waals surface area (Å²) in [5, 5.41) is 6.98. The lowest BCUT2D eigenvalue weighted by molar-refractivity contribution is 0.867. The molecule has 0 heterocycles. The van der Waals surface area contributed by atoms with Crippen LogP contribution in [0.15, 0.2) is 46.9 Å². The first-order valence-corrected chi connectivity index (χ1v) is 8.10. The van der Waals surface area contributed by atoms with Crippen LogP contribution in [-0.2, 0) is 0 Å². The molecule has 0 aliphatic rings. The standard InChI is InChI=1S/C17H19BrN2S/c1-11(2)13-5-7-14(8-6-13)19-17(21)20-16-9-4-12(3)10-15(16)18/h4-11H,1-3H3,(H2,19,20,21). The number of benzene rings is 2. The Morgan fingerprint density at radius 3 is 2.29 bits per heavy atom. The Hall–Kier alpha value is -1.39. The Morgan fingerprint density at radius 1 is 1.05 bits per heavy atom. The van der Waals surface area contributed by atoms with E-state index in [0.717, 1.165) is 15.8 Å². The molecule has 0 unspecified atom stereocenters. The van der Waals surface area contributed by atoms with E-state index in [1.54, 1.807) is 0 Å². The Morgan fingerprint density at radius 2 is 1.71 bits per heavy atom. The van der Waals surface area contributed by atoms with E-state index in [-0.39, 0.29) is 0 Å². The van der Waals surface area contributed by atoms with Crippen LogP contribution in [0, 0.1) is 6.92 Å². The lowest BCUT2D eigenvalue weighted by Gasteiger charge is -2.13. The molecule has 0 fully saturated rings. The number of aryl methyl sites for hydroxylation is 1. The van der Waals surface area contributed by atoms with Crippen molar-refractivity contribution < 1.29 is 0 Å². The minimum Gasteiger partial charge on any atom is -0.332 e. The summed E-state index contributed by atoms with van der Waals surface area (Å²) in [6, 6.07) is 14.5. The first-order valence-electron chi connectivity index (χ1n) is 6.90. The summed E-state index contributed by atoms with van der Waals surface area (Å²) in [5.74, 6) is 0.535. The number of halogens is 1. The predicted octanol–water partition coefficient (Wildman–Crippen LogP) is 5.69. The molecule has 0 aliphatic heterocycles. The van der Waals surface area contributed by atoms with E-state index in [0.29, 0.717) is 11.0 Å². The highest BCUT2D eigenvalue weighted by molar-refractivity contribution is 9.10. The second-order valence-electron chi connectivity index (χ2n) is 5.34. The van der Waals surface area contributed by atoms with E-state index < -0.39 is 0 Å². The van der Waals surface area contributed by atoms with Crippen LogP contribution in [0.25, 0.3) is 0 Å². The van der Waals surface area contributed by atoms with Gasteiger partial charge in [-0.15, -0.1) is 0 Å². The number of rotatable bonds is 3. The van der Waals surface area contributed by atoms with Gasteiger partial charge in [0, 0.05) is 10.2 Å². The maximum Gasteiger partial charge on any atom is 0.175 e. The SMILES string of the molecule is Cc1ccc(NC(=S)Nc2ccc(C(C)C)cc2)c(Br)c1. The molecule has 2 aromatic rings. The third-order valence-corrected chi connectivity index (χ3v) is 4.07. The molecule has 0 bridgehead atoms. The normalized spacial score (nSPS) is 10.5. The quantitative estimate of drug-likeness (QED) is 0.685. The van der Waals surface area contributed by atoms with Crippen molar-refractivity contribution in [3.63, 3.8) is 0 Å². The van der Waals surface area contributed by atoms with Gasteiger partial charge in [0.1, 0.15) is 0 Å². The number of nitrogens with one attached hydrogen (secondary N) is 2. The molecule has 2 N–H and O–H groups in total. The van der Waals surface area contributed by atoms with Crippen molar-refractivity contribution in [2.24, 2.45) is 0 Å². The molecule has 2 aromatic carbocycles. The van der Waals surface area contributed by atoms with Gasteiger partial charge < -0.3 is 10.6 Å². The van der Waals surface area contributed by atoms with Gasteiger partial charge in [0.2, 0.25) is 0 Å². The molecule has 2 nitrogen and oxygen atoms in total. The molecular weight excluding hydrogens is 344 g/mol. The minimum absolute atomic E-state index is 0.535. The van der Waals surface area contributed by atoms with E-state index >= 15 is 0 Å². The second-order valence-corrected chi connectivity index (χ2v) is 6.60. The van der Waals surface area contributed by atoms with Crippen LogP contribution in [0.2, 0.25) is 0 Å². The van der Waals surface area contributed by atoms with Crippen LogP contribution < -0.4 is 10.6 Å². The Kier molecular flexibility index (Phi) is 5.37. The molecule has 0 radical (unpaired) electrons. The van der Waals surface area contributed by atoms with Crippen molar-refractivity contribution >= 4 is 44.6 Å². The van der Waals surface area contributed by atoms with E-state index in [9.17, 15) is 0 Å². The maximum absolute atomic E-state index is 5.35. The summed E-state index contributed by atoms with van der Waals surface area (Å²) in [6.07, 6.45) is 0. The van der Waals surface area contributed by atoms with E-state index in [2.05, 4.69) is 65.5 Å². The van der Waals surface area contributed by atoms with Crippen LogP contribution in [-0.4, -0.2) is 5.11 Å². The molecular formula is C17H19BrN2S. The number of hydrogen-bond acceptors (Lipinski definition) is 1. The molecule has 0 aliphatic carbocycles. The van der Waals surface area contributed by atoms with Gasteiger partial charge in [0.05, 0.1) is 5.69 Å². The zero-order valence-electron chi connectivity index (χ0n) is 12.4.